The van der Waals surface area contributed by atoms with E-state index in [1.165, 1.54) is 21.9 Å². The minimum atomic E-state index is -0.0583. The smallest absolute Gasteiger partial charge is 0.131 e. The second kappa shape index (κ2) is 3.00. The lowest BCUT2D eigenvalue weighted by atomic mass is 9.95. The minimum Gasteiger partial charge on any atom is -0.487 e. The van der Waals surface area contributed by atoms with Crippen molar-refractivity contribution in [1.29, 1.82) is 0 Å². The van der Waals surface area contributed by atoms with E-state index in [0.717, 1.165) is 12.2 Å². The van der Waals surface area contributed by atoms with Crippen LogP contribution in [0, 0.1) is 6.92 Å². The highest BCUT2D eigenvalue weighted by Gasteiger charge is 2.32. The maximum atomic E-state index is 6.09. The molecule has 1 nitrogen and oxygen atoms in total. The fraction of sp³-hybridized carbons (Fsp3) is 0.333. The average molecular weight is 212 g/mol. The molecule has 3 rings (SSSR count). The Kier molecular flexibility index (Phi) is 1.82. The molecule has 1 heteroatoms. The Morgan fingerprint density at radius 2 is 1.94 bits per heavy atom. The SMILES string of the molecule is Cc1cc2ccccc2c2c1CC(C)(C)O2. The second-order valence-electron chi connectivity index (χ2n) is 5.26. The predicted molar refractivity (Wildman–Crippen MR) is 67.1 cm³/mol. The lowest BCUT2D eigenvalue weighted by Crippen LogP contribution is -2.24. The highest BCUT2D eigenvalue weighted by atomic mass is 16.5. The van der Waals surface area contributed by atoms with Gasteiger partial charge in [0.15, 0.2) is 0 Å². The largest absolute Gasteiger partial charge is 0.487 e. The predicted octanol–water partition coefficient (Wildman–Crippen LogP) is 3.86. The van der Waals surface area contributed by atoms with Crippen LogP contribution in [0.25, 0.3) is 10.8 Å². The van der Waals surface area contributed by atoms with E-state index in [9.17, 15) is 0 Å². The molecular weight excluding hydrogens is 196 g/mol. The first kappa shape index (κ1) is 9.71. The molecule has 0 amide bonds. The molecule has 16 heavy (non-hydrogen) atoms. The summed E-state index contributed by atoms with van der Waals surface area (Å²) in [5.41, 5.74) is 2.67. The molecule has 1 aliphatic heterocycles. The molecule has 0 atom stereocenters. The van der Waals surface area contributed by atoms with Crippen LogP contribution in [0.3, 0.4) is 0 Å². The lowest BCUT2D eigenvalue weighted by molar-refractivity contribution is 0.140. The molecule has 82 valence electrons. The first-order chi connectivity index (χ1) is 7.57. The third-order valence-electron chi connectivity index (χ3n) is 3.31. The highest BCUT2D eigenvalue weighted by Crippen LogP contribution is 2.42. The van der Waals surface area contributed by atoms with Crippen molar-refractivity contribution in [2.75, 3.05) is 0 Å². The van der Waals surface area contributed by atoms with E-state index in [0.29, 0.717) is 0 Å². The molecule has 0 bridgehead atoms. The molecule has 2 aromatic carbocycles. The first-order valence-electron chi connectivity index (χ1n) is 5.77. The molecule has 0 radical (unpaired) electrons. The van der Waals surface area contributed by atoms with Gasteiger partial charge in [0.2, 0.25) is 0 Å². The van der Waals surface area contributed by atoms with Gasteiger partial charge in [-0.3, -0.25) is 0 Å². The van der Waals surface area contributed by atoms with Crippen molar-refractivity contribution in [3.63, 3.8) is 0 Å². The van der Waals surface area contributed by atoms with Crippen LogP contribution in [-0.2, 0) is 6.42 Å². The summed E-state index contributed by atoms with van der Waals surface area (Å²) in [6.07, 6.45) is 1.01. The zero-order chi connectivity index (χ0) is 11.3. The summed E-state index contributed by atoms with van der Waals surface area (Å²) in [5.74, 6) is 1.10. The van der Waals surface area contributed by atoms with Crippen LogP contribution in [0.2, 0.25) is 0 Å². The summed E-state index contributed by atoms with van der Waals surface area (Å²) < 4.78 is 6.09. The van der Waals surface area contributed by atoms with Crippen LogP contribution in [0.15, 0.2) is 30.3 Å². The van der Waals surface area contributed by atoms with E-state index in [4.69, 9.17) is 4.74 Å². The van der Waals surface area contributed by atoms with Crippen molar-refractivity contribution < 1.29 is 4.74 Å². The van der Waals surface area contributed by atoms with Crippen molar-refractivity contribution in [2.45, 2.75) is 32.8 Å². The molecule has 1 aliphatic rings. The molecule has 1 heterocycles. The van der Waals surface area contributed by atoms with Gasteiger partial charge in [-0.05, 0) is 31.7 Å². The van der Waals surface area contributed by atoms with E-state index in [2.05, 4.69) is 51.1 Å². The van der Waals surface area contributed by atoms with Gasteiger partial charge < -0.3 is 4.74 Å². The Morgan fingerprint density at radius 3 is 2.75 bits per heavy atom. The summed E-state index contributed by atoms with van der Waals surface area (Å²) in [7, 11) is 0. The molecular formula is C15H16O. The third kappa shape index (κ3) is 1.31. The fourth-order valence-corrected chi connectivity index (χ4v) is 2.57. The topological polar surface area (TPSA) is 9.23 Å². The van der Waals surface area contributed by atoms with E-state index < -0.39 is 0 Å². The molecule has 0 saturated heterocycles. The van der Waals surface area contributed by atoms with Crippen molar-refractivity contribution in [2.24, 2.45) is 0 Å². The monoisotopic (exact) mass is 212 g/mol. The van der Waals surface area contributed by atoms with Gasteiger partial charge in [0.05, 0.1) is 0 Å². The van der Waals surface area contributed by atoms with Gasteiger partial charge in [0.25, 0.3) is 0 Å². The van der Waals surface area contributed by atoms with Gasteiger partial charge in [0, 0.05) is 17.4 Å². The van der Waals surface area contributed by atoms with Gasteiger partial charge in [-0.25, -0.2) is 0 Å². The maximum absolute atomic E-state index is 6.09. The molecule has 0 saturated carbocycles. The zero-order valence-electron chi connectivity index (χ0n) is 10.0. The fourth-order valence-electron chi connectivity index (χ4n) is 2.57. The van der Waals surface area contributed by atoms with E-state index in [-0.39, 0.29) is 5.60 Å². The number of ether oxygens (including phenoxy) is 1. The Bertz CT molecular complexity index is 567. The average Bonchev–Trinajstić information content (AvgIpc) is 2.55. The van der Waals surface area contributed by atoms with E-state index in [1.54, 1.807) is 0 Å². The number of fused-ring (bicyclic) bond motifs is 3. The number of rotatable bonds is 0. The van der Waals surface area contributed by atoms with Gasteiger partial charge in [-0.2, -0.15) is 0 Å². The second-order valence-corrected chi connectivity index (χ2v) is 5.26. The van der Waals surface area contributed by atoms with Crippen LogP contribution in [0.4, 0.5) is 0 Å². The van der Waals surface area contributed by atoms with Crippen molar-refractivity contribution in [1.82, 2.24) is 0 Å². The first-order valence-corrected chi connectivity index (χ1v) is 5.77. The lowest BCUT2D eigenvalue weighted by Gasteiger charge is -2.17. The van der Waals surface area contributed by atoms with Crippen LogP contribution in [0.1, 0.15) is 25.0 Å². The quantitative estimate of drug-likeness (QED) is 0.644. The molecule has 0 unspecified atom stereocenters. The van der Waals surface area contributed by atoms with Gasteiger partial charge in [-0.15, -0.1) is 0 Å². The molecule has 0 fully saturated rings. The molecule has 0 aliphatic carbocycles. The maximum Gasteiger partial charge on any atom is 0.131 e. The summed E-state index contributed by atoms with van der Waals surface area (Å²) >= 11 is 0. The molecule has 2 aromatic rings. The standard InChI is InChI=1S/C15H16O/c1-10-8-11-6-4-5-7-12(11)14-13(10)9-15(2,3)16-14/h4-8H,9H2,1-3H3. The third-order valence-corrected chi connectivity index (χ3v) is 3.31. The van der Waals surface area contributed by atoms with Crippen LogP contribution in [0.5, 0.6) is 5.75 Å². The molecule has 0 aromatic heterocycles. The van der Waals surface area contributed by atoms with Crippen molar-refractivity contribution in [3.8, 4) is 5.75 Å². The van der Waals surface area contributed by atoms with Crippen LogP contribution < -0.4 is 4.74 Å². The highest BCUT2D eigenvalue weighted by molar-refractivity contribution is 5.91. The minimum absolute atomic E-state index is 0.0583. The van der Waals surface area contributed by atoms with Crippen LogP contribution in [-0.4, -0.2) is 5.60 Å². The summed E-state index contributed by atoms with van der Waals surface area (Å²) in [6, 6.07) is 10.7. The summed E-state index contributed by atoms with van der Waals surface area (Å²) in [5, 5.41) is 2.52. The molecule has 0 N–H and O–H groups in total. The number of benzene rings is 2. The van der Waals surface area contributed by atoms with Crippen LogP contribution >= 0.6 is 0 Å². The van der Waals surface area contributed by atoms with Gasteiger partial charge in [-0.1, -0.05) is 30.3 Å². The normalized spacial score (nSPS) is 17.2. The summed E-state index contributed by atoms with van der Waals surface area (Å²) in [6.45, 7) is 6.48. The Hall–Kier alpha value is -1.50. The molecule has 0 spiro atoms. The number of aryl methyl sites for hydroxylation is 1. The van der Waals surface area contributed by atoms with Gasteiger partial charge in [0.1, 0.15) is 11.4 Å². The van der Waals surface area contributed by atoms with E-state index in [1.807, 2.05) is 0 Å². The zero-order valence-corrected chi connectivity index (χ0v) is 10.0. The Morgan fingerprint density at radius 1 is 1.19 bits per heavy atom. The van der Waals surface area contributed by atoms with E-state index >= 15 is 0 Å². The number of hydrogen-bond donors (Lipinski definition) is 0. The van der Waals surface area contributed by atoms with Gasteiger partial charge >= 0.3 is 0 Å². The van der Waals surface area contributed by atoms with Crippen molar-refractivity contribution >= 4 is 10.8 Å². The Balaban J connectivity index is 2.35. The summed E-state index contributed by atoms with van der Waals surface area (Å²) in [4.78, 5) is 0. The van der Waals surface area contributed by atoms with Crippen molar-refractivity contribution in [3.05, 3.63) is 41.5 Å². The Labute approximate surface area is 96.0 Å². The number of hydrogen-bond acceptors (Lipinski definition) is 1.